The number of pyridine rings is 1. The Morgan fingerprint density at radius 3 is 2.69 bits per heavy atom. The normalized spacial score (nSPS) is 15.9. The van der Waals surface area contributed by atoms with Crippen LogP contribution in [0.3, 0.4) is 0 Å². The summed E-state index contributed by atoms with van der Waals surface area (Å²) >= 11 is 0. The Hall–Kier alpha value is -1.78. The van der Waals surface area contributed by atoms with Crippen LogP contribution in [0, 0.1) is 0 Å². The molecular weight excluding hydrogens is 208 g/mol. The van der Waals surface area contributed by atoms with Gasteiger partial charge in [0.05, 0.1) is 0 Å². The van der Waals surface area contributed by atoms with Crippen molar-refractivity contribution in [1.29, 1.82) is 0 Å². The molecule has 1 aromatic rings. The van der Waals surface area contributed by atoms with E-state index in [1.165, 1.54) is 6.07 Å². The molecule has 0 saturated carbocycles. The molecule has 0 aliphatic carbocycles. The van der Waals surface area contributed by atoms with E-state index in [9.17, 15) is 9.59 Å². The first-order valence-corrected chi connectivity index (χ1v) is 5.42. The summed E-state index contributed by atoms with van der Waals surface area (Å²) in [5.41, 5.74) is -0.274. The zero-order valence-corrected chi connectivity index (χ0v) is 8.94. The molecule has 0 spiro atoms. The molecule has 1 fully saturated rings. The van der Waals surface area contributed by atoms with Gasteiger partial charge in [0.25, 0.3) is 5.56 Å². The van der Waals surface area contributed by atoms with E-state index in [0.29, 0.717) is 0 Å². The summed E-state index contributed by atoms with van der Waals surface area (Å²) in [5, 5.41) is 0. The Morgan fingerprint density at radius 1 is 1.25 bits per heavy atom. The lowest BCUT2D eigenvalue weighted by molar-refractivity contribution is 0.141. The van der Waals surface area contributed by atoms with Crippen LogP contribution in [-0.2, 0) is 0 Å². The summed E-state index contributed by atoms with van der Waals surface area (Å²) in [5.74, 6) is 0.197. The Labute approximate surface area is 93.0 Å². The molecule has 1 N–H and O–H groups in total. The lowest BCUT2D eigenvalue weighted by atomic mass is 10.1. The number of rotatable bonds is 1. The van der Waals surface area contributed by atoms with Gasteiger partial charge in [-0.05, 0) is 25.3 Å². The van der Waals surface area contributed by atoms with Crippen molar-refractivity contribution in [2.75, 3.05) is 13.1 Å². The maximum Gasteiger partial charge on any atom is 0.416 e. The van der Waals surface area contributed by atoms with Crippen molar-refractivity contribution in [2.24, 2.45) is 0 Å². The lowest BCUT2D eigenvalue weighted by Crippen LogP contribution is -2.37. The van der Waals surface area contributed by atoms with Gasteiger partial charge in [0, 0.05) is 19.2 Å². The molecule has 1 aromatic heterocycles. The molecule has 5 heteroatoms. The fourth-order valence-corrected chi connectivity index (χ4v) is 1.72. The van der Waals surface area contributed by atoms with E-state index < -0.39 is 0 Å². The monoisotopic (exact) mass is 222 g/mol. The molecule has 2 rings (SSSR count). The van der Waals surface area contributed by atoms with E-state index in [4.69, 9.17) is 4.74 Å². The number of nitrogens with zero attached hydrogens (tertiary/aromatic N) is 1. The van der Waals surface area contributed by atoms with Crippen molar-refractivity contribution in [3.8, 4) is 5.88 Å². The number of amides is 1. The average molecular weight is 222 g/mol. The summed E-state index contributed by atoms with van der Waals surface area (Å²) in [7, 11) is 0. The van der Waals surface area contributed by atoms with Gasteiger partial charge in [-0.15, -0.1) is 0 Å². The lowest BCUT2D eigenvalue weighted by Gasteiger charge is -2.25. The molecule has 86 valence electrons. The molecule has 0 aromatic carbocycles. The number of hydrogen-bond acceptors (Lipinski definition) is 3. The third-order valence-corrected chi connectivity index (χ3v) is 2.55. The van der Waals surface area contributed by atoms with Gasteiger partial charge >= 0.3 is 6.09 Å². The number of nitrogens with one attached hydrogen (secondary N) is 1. The second kappa shape index (κ2) is 4.83. The van der Waals surface area contributed by atoms with Gasteiger partial charge in [-0.25, -0.2) is 4.79 Å². The van der Waals surface area contributed by atoms with E-state index in [1.54, 1.807) is 17.0 Å². The molecule has 1 amide bonds. The van der Waals surface area contributed by atoms with Crippen molar-refractivity contribution in [3.05, 3.63) is 28.6 Å². The molecule has 1 saturated heterocycles. The maximum absolute atomic E-state index is 11.7. The number of carbonyl (C=O) groups is 1. The van der Waals surface area contributed by atoms with E-state index >= 15 is 0 Å². The van der Waals surface area contributed by atoms with Gasteiger partial charge in [-0.3, -0.25) is 9.78 Å². The van der Waals surface area contributed by atoms with Gasteiger partial charge in [-0.1, -0.05) is 6.07 Å². The van der Waals surface area contributed by atoms with Crippen LogP contribution in [0.25, 0.3) is 0 Å². The molecule has 1 aliphatic rings. The van der Waals surface area contributed by atoms with Crippen molar-refractivity contribution < 1.29 is 9.53 Å². The predicted octanol–water partition coefficient (Wildman–Crippen LogP) is 1.36. The number of carbonyl (C=O) groups excluding carboxylic acids is 1. The van der Waals surface area contributed by atoms with Crippen molar-refractivity contribution >= 4 is 6.09 Å². The maximum atomic E-state index is 11.7. The number of ether oxygens (including phenoxy) is 1. The highest BCUT2D eigenvalue weighted by Crippen LogP contribution is 2.11. The highest BCUT2D eigenvalue weighted by molar-refractivity contribution is 5.70. The Balaban J connectivity index is 1.98. The average Bonchev–Trinajstić information content (AvgIpc) is 2.30. The number of likely N-dealkylation sites (tertiary alicyclic amines) is 1. The quantitative estimate of drug-likeness (QED) is 0.780. The first-order valence-electron chi connectivity index (χ1n) is 5.42. The second-order valence-electron chi connectivity index (χ2n) is 3.79. The molecule has 0 atom stereocenters. The van der Waals surface area contributed by atoms with E-state index in [1.807, 2.05) is 0 Å². The molecule has 1 aliphatic heterocycles. The van der Waals surface area contributed by atoms with Crippen LogP contribution in [0.15, 0.2) is 23.0 Å². The van der Waals surface area contributed by atoms with Crippen molar-refractivity contribution in [2.45, 2.75) is 19.3 Å². The third-order valence-electron chi connectivity index (χ3n) is 2.55. The predicted molar refractivity (Wildman–Crippen MR) is 58.5 cm³/mol. The summed E-state index contributed by atoms with van der Waals surface area (Å²) in [6, 6.07) is 4.49. The Bertz CT molecular complexity index is 421. The van der Waals surface area contributed by atoms with Gasteiger partial charge in [0.2, 0.25) is 5.88 Å². The van der Waals surface area contributed by atoms with Crippen LogP contribution in [0.4, 0.5) is 4.79 Å². The van der Waals surface area contributed by atoms with Crippen LogP contribution >= 0.6 is 0 Å². The molecule has 16 heavy (non-hydrogen) atoms. The molecule has 0 unspecified atom stereocenters. The summed E-state index contributed by atoms with van der Waals surface area (Å²) in [6.45, 7) is 1.46. The van der Waals surface area contributed by atoms with Crippen LogP contribution in [0.2, 0.25) is 0 Å². The van der Waals surface area contributed by atoms with Crippen molar-refractivity contribution in [1.82, 2.24) is 9.88 Å². The number of hydrogen-bond donors (Lipinski definition) is 1. The molecule has 0 bridgehead atoms. The Morgan fingerprint density at radius 2 is 2.00 bits per heavy atom. The number of H-pyrrole nitrogens is 1. The fraction of sp³-hybridized carbons (Fsp3) is 0.455. The standard InChI is InChI=1S/C11H14N2O3/c14-9-5-4-6-10(12-9)16-11(15)13-7-2-1-3-8-13/h4-6H,1-3,7-8H2,(H,12,14). The van der Waals surface area contributed by atoms with E-state index in [0.717, 1.165) is 32.4 Å². The number of aromatic amines is 1. The van der Waals surface area contributed by atoms with Gasteiger partial charge in [-0.2, -0.15) is 0 Å². The van der Waals surface area contributed by atoms with E-state index in [-0.39, 0.29) is 17.5 Å². The van der Waals surface area contributed by atoms with Crippen LogP contribution in [0.1, 0.15) is 19.3 Å². The number of piperidine rings is 1. The second-order valence-corrected chi connectivity index (χ2v) is 3.79. The SMILES string of the molecule is O=C(Oc1cccc(=O)[nH]1)N1CCCCC1. The van der Waals surface area contributed by atoms with Gasteiger partial charge in [0.15, 0.2) is 0 Å². The minimum atomic E-state index is -0.387. The summed E-state index contributed by atoms with van der Waals surface area (Å²) in [4.78, 5) is 26.8. The fourth-order valence-electron chi connectivity index (χ4n) is 1.72. The first-order chi connectivity index (χ1) is 7.75. The number of aromatic nitrogens is 1. The zero-order chi connectivity index (χ0) is 11.4. The topological polar surface area (TPSA) is 62.4 Å². The molecule has 2 heterocycles. The first kappa shape index (κ1) is 10.7. The van der Waals surface area contributed by atoms with E-state index in [2.05, 4.69) is 4.98 Å². The van der Waals surface area contributed by atoms with Crippen LogP contribution < -0.4 is 10.3 Å². The minimum absolute atomic E-state index is 0.197. The minimum Gasteiger partial charge on any atom is -0.393 e. The molecular formula is C11H14N2O3. The molecule has 0 radical (unpaired) electrons. The Kier molecular flexibility index (Phi) is 3.24. The summed E-state index contributed by atoms with van der Waals surface area (Å²) < 4.78 is 5.07. The highest BCUT2D eigenvalue weighted by atomic mass is 16.6. The summed E-state index contributed by atoms with van der Waals surface area (Å²) in [6.07, 6.45) is 2.80. The smallest absolute Gasteiger partial charge is 0.393 e. The third kappa shape index (κ3) is 2.62. The highest BCUT2D eigenvalue weighted by Gasteiger charge is 2.18. The largest absolute Gasteiger partial charge is 0.416 e. The van der Waals surface area contributed by atoms with Gasteiger partial charge < -0.3 is 9.64 Å². The zero-order valence-electron chi connectivity index (χ0n) is 8.94. The van der Waals surface area contributed by atoms with Crippen molar-refractivity contribution in [3.63, 3.8) is 0 Å². The van der Waals surface area contributed by atoms with Crippen LogP contribution in [0.5, 0.6) is 5.88 Å². The van der Waals surface area contributed by atoms with Gasteiger partial charge in [0.1, 0.15) is 0 Å². The molecule has 5 nitrogen and oxygen atoms in total. The van der Waals surface area contributed by atoms with Crippen LogP contribution in [-0.4, -0.2) is 29.1 Å².